The lowest BCUT2D eigenvalue weighted by molar-refractivity contribution is -0.132. The maximum Gasteiger partial charge on any atom is 0.242 e. The summed E-state index contributed by atoms with van der Waals surface area (Å²) in [6, 6.07) is 21.1. The number of hydrazone groups is 1. The molecule has 0 fully saturated rings. The number of methoxy groups -OCH3 is 1. The van der Waals surface area contributed by atoms with Crippen molar-refractivity contribution in [1.82, 2.24) is 14.8 Å². The zero-order chi connectivity index (χ0) is 22.8. The van der Waals surface area contributed by atoms with Gasteiger partial charge in [0.05, 0.1) is 30.8 Å². The van der Waals surface area contributed by atoms with Crippen LogP contribution in [0.3, 0.4) is 0 Å². The molecule has 5 rings (SSSR count). The van der Waals surface area contributed by atoms with Crippen molar-refractivity contribution in [3.63, 3.8) is 0 Å². The molecule has 33 heavy (non-hydrogen) atoms. The average Bonchev–Trinajstić information content (AvgIpc) is 3.63. The van der Waals surface area contributed by atoms with Gasteiger partial charge in [-0.05, 0) is 36.4 Å². The first-order valence-electron chi connectivity index (χ1n) is 10.9. The number of amides is 1. The molecule has 2 aromatic heterocycles. The number of hydrogen-bond donors (Lipinski definition) is 0. The molecule has 0 saturated heterocycles. The number of para-hydroxylation sites is 1. The van der Waals surface area contributed by atoms with Crippen molar-refractivity contribution in [3.05, 3.63) is 90.5 Å². The Bertz CT molecular complexity index is 1290. The number of furan rings is 1. The number of nitrogens with zero attached hydrogens (tertiary/aromatic N) is 4. The van der Waals surface area contributed by atoms with Crippen molar-refractivity contribution in [2.75, 3.05) is 7.11 Å². The van der Waals surface area contributed by atoms with Crippen molar-refractivity contribution in [2.45, 2.75) is 25.8 Å². The molecule has 0 unspecified atom stereocenters. The van der Waals surface area contributed by atoms with Gasteiger partial charge in [0.2, 0.25) is 5.91 Å². The van der Waals surface area contributed by atoms with Crippen molar-refractivity contribution in [3.8, 4) is 22.7 Å². The molecule has 3 heterocycles. The molecule has 7 nitrogen and oxygen atoms in total. The molecule has 0 saturated carbocycles. The van der Waals surface area contributed by atoms with Crippen LogP contribution < -0.4 is 4.74 Å². The Morgan fingerprint density at radius 1 is 1.12 bits per heavy atom. The van der Waals surface area contributed by atoms with Gasteiger partial charge in [-0.1, -0.05) is 37.3 Å². The number of aromatic nitrogens is 2. The summed E-state index contributed by atoms with van der Waals surface area (Å²) in [5, 5.41) is 11.2. The first-order valence-corrected chi connectivity index (χ1v) is 10.9. The minimum atomic E-state index is -0.295. The second-order valence-corrected chi connectivity index (χ2v) is 7.78. The van der Waals surface area contributed by atoms with Gasteiger partial charge in [0.25, 0.3) is 0 Å². The molecule has 0 spiro atoms. The molecule has 0 N–H and O–H groups in total. The van der Waals surface area contributed by atoms with E-state index >= 15 is 0 Å². The molecule has 1 amide bonds. The van der Waals surface area contributed by atoms with Crippen molar-refractivity contribution in [2.24, 2.45) is 5.10 Å². The Balaban J connectivity index is 1.64. The monoisotopic (exact) mass is 440 g/mol. The average molecular weight is 441 g/mol. The summed E-state index contributed by atoms with van der Waals surface area (Å²) in [7, 11) is 1.64. The van der Waals surface area contributed by atoms with E-state index in [-0.39, 0.29) is 11.9 Å². The normalized spacial score (nSPS) is 15.5. The van der Waals surface area contributed by atoms with E-state index in [1.165, 1.54) is 0 Å². The summed E-state index contributed by atoms with van der Waals surface area (Å²) in [4.78, 5) is 12.9. The molecule has 0 radical (unpaired) electrons. The topological polar surface area (TPSA) is 72.9 Å². The van der Waals surface area contributed by atoms with Crippen molar-refractivity contribution in [1.29, 1.82) is 0 Å². The van der Waals surface area contributed by atoms with E-state index in [1.807, 2.05) is 84.5 Å². The second-order valence-electron chi connectivity index (χ2n) is 7.78. The van der Waals surface area contributed by atoms with E-state index in [9.17, 15) is 4.79 Å². The van der Waals surface area contributed by atoms with E-state index in [0.717, 1.165) is 34.0 Å². The Hall–Kier alpha value is -4.13. The molecule has 1 aliphatic rings. The quantitative estimate of drug-likeness (QED) is 0.412. The predicted octanol–water partition coefficient (Wildman–Crippen LogP) is 5.23. The van der Waals surface area contributed by atoms with E-state index in [2.05, 4.69) is 5.10 Å². The lowest BCUT2D eigenvalue weighted by atomic mass is 9.98. The van der Waals surface area contributed by atoms with Crippen LogP contribution in [0.2, 0.25) is 0 Å². The smallest absolute Gasteiger partial charge is 0.242 e. The third kappa shape index (κ3) is 3.93. The molecule has 7 heteroatoms. The fraction of sp³-hybridized carbons (Fsp3) is 0.192. The van der Waals surface area contributed by atoms with Crippen LogP contribution in [0.1, 0.15) is 37.1 Å². The highest BCUT2D eigenvalue weighted by atomic mass is 16.5. The molecular weight excluding hydrogens is 416 g/mol. The van der Waals surface area contributed by atoms with E-state index in [0.29, 0.717) is 18.6 Å². The number of rotatable bonds is 6. The van der Waals surface area contributed by atoms with Gasteiger partial charge in [0.1, 0.15) is 17.2 Å². The molecule has 1 atom stereocenters. The van der Waals surface area contributed by atoms with Crippen LogP contribution in [0.25, 0.3) is 16.9 Å². The van der Waals surface area contributed by atoms with Gasteiger partial charge in [-0.2, -0.15) is 10.2 Å². The van der Waals surface area contributed by atoms with E-state index in [4.69, 9.17) is 14.3 Å². The fourth-order valence-electron chi connectivity index (χ4n) is 4.07. The number of carbonyl (C=O) groups excluding carboxylic acids is 1. The van der Waals surface area contributed by atoms with Gasteiger partial charge in [-0.3, -0.25) is 4.79 Å². The zero-order valence-electron chi connectivity index (χ0n) is 18.5. The highest BCUT2D eigenvalue weighted by molar-refractivity contribution is 6.01. The zero-order valence-corrected chi connectivity index (χ0v) is 18.5. The van der Waals surface area contributed by atoms with Crippen molar-refractivity contribution >= 4 is 11.6 Å². The molecule has 1 aliphatic heterocycles. The molecule has 2 aromatic carbocycles. The molecule has 4 aromatic rings. The van der Waals surface area contributed by atoms with Crippen LogP contribution in [0.5, 0.6) is 5.75 Å². The number of hydrogen-bond acceptors (Lipinski definition) is 5. The van der Waals surface area contributed by atoms with Crippen LogP contribution >= 0.6 is 0 Å². The third-order valence-electron chi connectivity index (χ3n) is 5.74. The Morgan fingerprint density at radius 2 is 1.97 bits per heavy atom. The third-order valence-corrected chi connectivity index (χ3v) is 5.74. The van der Waals surface area contributed by atoms with Crippen LogP contribution in [0, 0.1) is 0 Å². The van der Waals surface area contributed by atoms with Gasteiger partial charge in [-0.15, -0.1) is 0 Å². The second kappa shape index (κ2) is 8.78. The lowest BCUT2D eigenvalue weighted by Gasteiger charge is -2.21. The summed E-state index contributed by atoms with van der Waals surface area (Å²) in [6.07, 6.45) is 4.50. The van der Waals surface area contributed by atoms with Crippen LogP contribution in [-0.4, -0.2) is 33.5 Å². The highest BCUT2D eigenvalue weighted by Gasteiger charge is 2.36. The Labute approximate surface area is 191 Å². The summed E-state index contributed by atoms with van der Waals surface area (Å²) < 4.78 is 12.9. The summed E-state index contributed by atoms with van der Waals surface area (Å²) in [6.45, 7) is 1.84. The maximum atomic E-state index is 12.9. The van der Waals surface area contributed by atoms with Crippen molar-refractivity contribution < 1.29 is 13.9 Å². The largest absolute Gasteiger partial charge is 0.497 e. The first kappa shape index (κ1) is 20.8. The summed E-state index contributed by atoms with van der Waals surface area (Å²) in [5.74, 6) is 1.36. The van der Waals surface area contributed by atoms with E-state index in [1.54, 1.807) is 18.4 Å². The number of carbonyl (C=O) groups is 1. The minimum absolute atomic E-state index is 0.0504. The molecule has 0 aliphatic carbocycles. The standard InChI is InChI=1S/C26H24N4O3/c1-3-25(31)30-23(16-22(27-30)24-13-8-14-33-24)21-17-29(19-10-5-4-6-11-19)28-26(21)18-9-7-12-20(15-18)32-2/h4-15,17,23H,3,16H2,1-2H3/t23-/m0/s1. The minimum Gasteiger partial charge on any atom is -0.497 e. The van der Waals surface area contributed by atoms with Gasteiger partial charge >= 0.3 is 0 Å². The molecular formula is C26H24N4O3. The number of ether oxygens (including phenoxy) is 1. The van der Waals surface area contributed by atoms with Crippen LogP contribution in [0.15, 0.2) is 88.7 Å². The first-order chi connectivity index (χ1) is 16.2. The van der Waals surface area contributed by atoms with E-state index < -0.39 is 0 Å². The number of benzene rings is 2. The fourth-order valence-corrected chi connectivity index (χ4v) is 4.07. The Morgan fingerprint density at radius 3 is 2.70 bits per heavy atom. The SMILES string of the molecule is CCC(=O)N1N=C(c2ccco2)C[C@H]1c1cn(-c2ccccc2)nc1-c1cccc(OC)c1. The Kier molecular flexibility index (Phi) is 5.52. The predicted molar refractivity (Wildman–Crippen MR) is 125 cm³/mol. The maximum absolute atomic E-state index is 12.9. The molecule has 166 valence electrons. The van der Waals surface area contributed by atoms with Gasteiger partial charge in [0.15, 0.2) is 0 Å². The highest BCUT2D eigenvalue weighted by Crippen LogP contribution is 2.39. The lowest BCUT2D eigenvalue weighted by Crippen LogP contribution is -2.26. The van der Waals surface area contributed by atoms with Gasteiger partial charge in [0, 0.05) is 30.2 Å². The van der Waals surface area contributed by atoms with Gasteiger partial charge in [-0.25, -0.2) is 9.69 Å². The molecule has 0 bridgehead atoms. The van der Waals surface area contributed by atoms with Gasteiger partial charge < -0.3 is 9.15 Å². The van der Waals surface area contributed by atoms with Crippen LogP contribution in [-0.2, 0) is 4.79 Å². The summed E-state index contributed by atoms with van der Waals surface area (Å²) >= 11 is 0. The van der Waals surface area contributed by atoms with Crippen LogP contribution in [0.4, 0.5) is 0 Å². The summed E-state index contributed by atoms with van der Waals surface area (Å²) in [5.41, 5.74) is 4.29.